The number of phosphoric acid groups is 1. The first-order valence-corrected chi connectivity index (χ1v) is 20.2. The van der Waals surface area contributed by atoms with Crippen LogP contribution in [0.1, 0.15) is 136 Å². The number of rotatable bonds is 34. The number of phosphoric ester groups is 1. The molecule has 3 N–H and O–H groups in total. The average molecular weight is 727 g/mol. The zero-order valence-corrected chi connectivity index (χ0v) is 31.7. The highest BCUT2D eigenvalue weighted by atomic mass is 31.2. The Labute approximate surface area is 302 Å². The summed E-state index contributed by atoms with van der Waals surface area (Å²) in [6, 6.07) is 0. The van der Waals surface area contributed by atoms with Gasteiger partial charge in [-0.2, -0.15) is 0 Å². The molecule has 0 bridgehead atoms. The number of esters is 2. The van der Waals surface area contributed by atoms with Gasteiger partial charge in [-0.15, -0.1) is 0 Å². The van der Waals surface area contributed by atoms with Crippen LogP contribution in [-0.4, -0.2) is 65.7 Å². The number of aliphatic hydroxyl groups excluding tert-OH is 2. The Morgan fingerprint density at radius 3 is 1.64 bits per heavy atom. The van der Waals surface area contributed by atoms with Gasteiger partial charge in [0.1, 0.15) is 12.7 Å². The lowest BCUT2D eigenvalue weighted by Gasteiger charge is -2.20. The minimum Gasteiger partial charge on any atom is -0.462 e. The Hall–Kier alpha value is -2.33. The molecular weight excluding hydrogens is 659 g/mol. The second-order valence-electron chi connectivity index (χ2n) is 12.2. The van der Waals surface area contributed by atoms with E-state index in [9.17, 15) is 24.2 Å². The Morgan fingerprint density at radius 1 is 0.620 bits per heavy atom. The molecule has 3 atom stereocenters. The van der Waals surface area contributed by atoms with E-state index in [4.69, 9.17) is 19.1 Å². The third kappa shape index (κ3) is 34.1. The van der Waals surface area contributed by atoms with Crippen LogP contribution in [0, 0.1) is 0 Å². The van der Waals surface area contributed by atoms with Crippen molar-refractivity contribution in [3.8, 4) is 0 Å². The Kier molecular flexibility index (Phi) is 33.5. The van der Waals surface area contributed by atoms with Gasteiger partial charge in [0.2, 0.25) is 0 Å². The third-order valence-corrected chi connectivity index (χ3v) is 8.39. The first kappa shape index (κ1) is 47.7. The summed E-state index contributed by atoms with van der Waals surface area (Å²) in [7, 11) is -4.63. The van der Waals surface area contributed by atoms with Gasteiger partial charge in [0.25, 0.3) is 0 Å². The van der Waals surface area contributed by atoms with Crippen LogP contribution in [0.2, 0.25) is 0 Å². The first-order valence-electron chi connectivity index (χ1n) is 18.7. The van der Waals surface area contributed by atoms with Crippen LogP contribution in [-0.2, 0) is 32.7 Å². The van der Waals surface area contributed by atoms with Crippen molar-refractivity contribution in [3.63, 3.8) is 0 Å². The molecule has 11 heteroatoms. The fourth-order valence-corrected chi connectivity index (χ4v) is 5.35. The van der Waals surface area contributed by atoms with Crippen molar-refractivity contribution in [2.45, 2.75) is 148 Å². The predicted octanol–water partition coefficient (Wildman–Crippen LogP) is 9.16. The smallest absolute Gasteiger partial charge is 0.462 e. The van der Waals surface area contributed by atoms with Crippen molar-refractivity contribution >= 4 is 19.8 Å². The number of allylic oxidation sites excluding steroid dienone is 10. The molecule has 0 heterocycles. The minimum atomic E-state index is -4.63. The van der Waals surface area contributed by atoms with Crippen LogP contribution in [0.3, 0.4) is 0 Å². The molecule has 0 rings (SSSR count). The molecule has 0 aromatic heterocycles. The summed E-state index contributed by atoms with van der Waals surface area (Å²) in [6.07, 6.45) is 36.3. The van der Waals surface area contributed by atoms with Crippen molar-refractivity contribution < 1.29 is 47.8 Å². The number of hydrogen-bond donors (Lipinski definition) is 3. The summed E-state index contributed by atoms with van der Waals surface area (Å²) >= 11 is 0. The van der Waals surface area contributed by atoms with Gasteiger partial charge in [-0.3, -0.25) is 18.6 Å². The molecule has 0 saturated heterocycles. The lowest BCUT2D eigenvalue weighted by molar-refractivity contribution is -0.161. The van der Waals surface area contributed by atoms with Crippen LogP contribution < -0.4 is 0 Å². The molecule has 0 aliphatic rings. The minimum absolute atomic E-state index is 0.105. The van der Waals surface area contributed by atoms with E-state index in [1.54, 1.807) is 0 Å². The van der Waals surface area contributed by atoms with Gasteiger partial charge < -0.3 is 24.6 Å². The SMILES string of the molecule is CC/C=C/C/C=C/C/C=C/C/C=C/C/C=C/CCCC(=O)O[C@H](COC(=O)CCCCCCCCCCCC)COP(=O)(O)OC[C@@H](O)CO. The highest BCUT2D eigenvalue weighted by Crippen LogP contribution is 2.43. The largest absolute Gasteiger partial charge is 0.472 e. The predicted molar refractivity (Wildman–Crippen MR) is 200 cm³/mol. The highest BCUT2D eigenvalue weighted by Gasteiger charge is 2.27. The summed E-state index contributed by atoms with van der Waals surface area (Å²) in [5.74, 6) is -1.00. The van der Waals surface area contributed by atoms with E-state index in [2.05, 4.69) is 67.0 Å². The quantitative estimate of drug-likeness (QED) is 0.0254. The van der Waals surface area contributed by atoms with Gasteiger partial charge >= 0.3 is 19.8 Å². The van der Waals surface area contributed by atoms with Gasteiger partial charge in [0.15, 0.2) is 6.10 Å². The van der Waals surface area contributed by atoms with E-state index in [1.165, 1.54) is 38.5 Å². The number of carbonyl (C=O) groups excluding carboxylic acids is 2. The van der Waals surface area contributed by atoms with Crippen molar-refractivity contribution in [1.82, 2.24) is 0 Å². The Bertz CT molecular complexity index is 1020. The molecule has 0 fully saturated rings. The van der Waals surface area contributed by atoms with E-state index in [-0.39, 0.29) is 19.4 Å². The van der Waals surface area contributed by atoms with E-state index < -0.39 is 51.8 Å². The normalized spacial score (nSPS) is 14.7. The molecule has 0 aliphatic carbocycles. The molecule has 0 saturated carbocycles. The first-order chi connectivity index (χ1) is 24.2. The van der Waals surface area contributed by atoms with Gasteiger partial charge in [-0.05, 0) is 51.4 Å². The van der Waals surface area contributed by atoms with Gasteiger partial charge in [0, 0.05) is 12.8 Å². The monoisotopic (exact) mass is 726 g/mol. The number of aliphatic hydroxyl groups is 2. The molecule has 0 aromatic carbocycles. The zero-order valence-electron chi connectivity index (χ0n) is 30.8. The fraction of sp³-hybridized carbons (Fsp3) is 0.692. The molecular formula is C39H67O10P. The van der Waals surface area contributed by atoms with Crippen molar-refractivity contribution in [2.24, 2.45) is 0 Å². The van der Waals surface area contributed by atoms with Crippen LogP contribution in [0.4, 0.5) is 0 Å². The van der Waals surface area contributed by atoms with Gasteiger partial charge in [-0.1, -0.05) is 132 Å². The van der Waals surface area contributed by atoms with Crippen LogP contribution >= 0.6 is 7.82 Å². The summed E-state index contributed by atoms with van der Waals surface area (Å²) in [5, 5.41) is 18.2. The summed E-state index contributed by atoms with van der Waals surface area (Å²) in [4.78, 5) is 34.7. The lowest BCUT2D eigenvalue weighted by atomic mass is 10.1. The van der Waals surface area contributed by atoms with Gasteiger partial charge in [0.05, 0.1) is 19.8 Å². The summed E-state index contributed by atoms with van der Waals surface area (Å²) in [6.45, 7) is 2.15. The maximum absolute atomic E-state index is 12.5. The number of unbranched alkanes of at least 4 members (excludes halogenated alkanes) is 10. The average Bonchev–Trinajstić information content (AvgIpc) is 3.10. The number of carbonyl (C=O) groups is 2. The lowest BCUT2D eigenvalue weighted by Crippen LogP contribution is -2.29. The van der Waals surface area contributed by atoms with Crippen molar-refractivity contribution in [2.75, 3.05) is 26.4 Å². The van der Waals surface area contributed by atoms with E-state index in [1.807, 2.05) is 12.2 Å². The van der Waals surface area contributed by atoms with E-state index in [0.717, 1.165) is 51.4 Å². The van der Waals surface area contributed by atoms with Crippen molar-refractivity contribution in [1.29, 1.82) is 0 Å². The van der Waals surface area contributed by atoms with Crippen molar-refractivity contribution in [3.05, 3.63) is 60.8 Å². The molecule has 50 heavy (non-hydrogen) atoms. The highest BCUT2D eigenvalue weighted by molar-refractivity contribution is 7.47. The molecule has 0 amide bonds. The van der Waals surface area contributed by atoms with E-state index >= 15 is 0 Å². The Balaban J connectivity index is 4.49. The Morgan fingerprint density at radius 2 is 1.10 bits per heavy atom. The maximum Gasteiger partial charge on any atom is 0.472 e. The van der Waals surface area contributed by atoms with Crippen LogP contribution in [0.25, 0.3) is 0 Å². The second kappa shape index (κ2) is 35.1. The number of hydrogen-bond acceptors (Lipinski definition) is 9. The molecule has 0 aromatic rings. The van der Waals surface area contributed by atoms with E-state index in [0.29, 0.717) is 19.3 Å². The molecule has 10 nitrogen and oxygen atoms in total. The summed E-state index contributed by atoms with van der Waals surface area (Å²) < 4.78 is 32.5. The standard InChI is InChI=1S/C39H67O10P/c1-3-5-7-9-11-13-15-16-17-18-19-20-21-23-25-27-29-31-39(43)49-37(35-48-50(44,45)47-33-36(41)32-40)34-46-38(42)30-28-26-24-22-14-12-10-8-6-4-2/h5,7,11,13,16-17,19-20,23,25,36-37,40-41H,3-4,6,8-10,12,14-15,18,21-22,24,26-35H2,1-2H3,(H,44,45)/b7-5+,13-11+,17-16+,20-19+,25-23+/t36-,37+/m0/s1. The third-order valence-electron chi connectivity index (χ3n) is 7.44. The zero-order chi connectivity index (χ0) is 37.0. The number of ether oxygens (including phenoxy) is 2. The topological polar surface area (TPSA) is 149 Å². The fourth-order valence-electron chi connectivity index (χ4n) is 4.56. The van der Waals surface area contributed by atoms with Crippen LogP contribution in [0.15, 0.2) is 60.8 Å². The molecule has 1 unspecified atom stereocenters. The molecule has 288 valence electrons. The van der Waals surface area contributed by atoms with Crippen LogP contribution in [0.5, 0.6) is 0 Å². The molecule has 0 radical (unpaired) electrons. The second-order valence-corrected chi connectivity index (χ2v) is 13.7. The maximum atomic E-state index is 12.5. The van der Waals surface area contributed by atoms with Gasteiger partial charge in [-0.25, -0.2) is 4.57 Å². The molecule has 0 aliphatic heterocycles. The summed E-state index contributed by atoms with van der Waals surface area (Å²) in [5.41, 5.74) is 0. The molecule has 0 spiro atoms.